The van der Waals surface area contributed by atoms with E-state index >= 15 is 0 Å². The highest BCUT2D eigenvalue weighted by Crippen LogP contribution is 2.43. The normalized spacial score (nSPS) is 22.6. The standard InChI is InChI=1S/C19H20N2O2S/c22-17-13-15(14-5-2-1-3-6-14)19(20-17)8-10-21(11-9-19)18(23)16-7-4-12-24-16/h1-7,12,15H,8-11,13H2,(H,20,22)/t15-/m0/s1. The Morgan fingerprint density at radius 3 is 2.54 bits per heavy atom. The Bertz CT molecular complexity index is 734. The second-order valence-electron chi connectivity index (χ2n) is 6.64. The summed E-state index contributed by atoms with van der Waals surface area (Å²) in [5.41, 5.74) is 1.01. The Balaban J connectivity index is 1.52. The van der Waals surface area contributed by atoms with Gasteiger partial charge in [0.2, 0.25) is 5.91 Å². The molecular formula is C19H20N2O2S. The highest BCUT2D eigenvalue weighted by Gasteiger charge is 2.49. The Kier molecular flexibility index (Phi) is 3.88. The van der Waals surface area contributed by atoms with Crippen molar-refractivity contribution >= 4 is 23.2 Å². The molecule has 2 aliphatic rings. The van der Waals surface area contributed by atoms with Crippen LogP contribution in [0.5, 0.6) is 0 Å². The minimum absolute atomic E-state index is 0.112. The molecule has 0 aliphatic carbocycles. The highest BCUT2D eigenvalue weighted by molar-refractivity contribution is 7.12. The van der Waals surface area contributed by atoms with Gasteiger partial charge in [0.1, 0.15) is 0 Å². The van der Waals surface area contributed by atoms with Gasteiger partial charge in [-0.05, 0) is 29.9 Å². The van der Waals surface area contributed by atoms with Gasteiger partial charge in [0, 0.05) is 25.4 Å². The maximum atomic E-state index is 12.5. The molecule has 0 radical (unpaired) electrons. The number of carbonyl (C=O) groups is 2. The fraction of sp³-hybridized carbons (Fsp3) is 0.368. The molecule has 1 spiro atoms. The zero-order valence-corrected chi connectivity index (χ0v) is 14.2. The van der Waals surface area contributed by atoms with Crippen LogP contribution >= 0.6 is 11.3 Å². The summed E-state index contributed by atoms with van der Waals surface area (Å²) in [6.45, 7) is 1.39. The van der Waals surface area contributed by atoms with E-state index in [-0.39, 0.29) is 23.3 Å². The minimum Gasteiger partial charge on any atom is -0.350 e. The molecule has 0 bridgehead atoms. The third kappa shape index (κ3) is 2.63. The van der Waals surface area contributed by atoms with E-state index in [2.05, 4.69) is 17.4 Å². The molecule has 2 fully saturated rings. The molecule has 1 aromatic heterocycles. The topological polar surface area (TPSA) is 49.4 Å². The molecule has 24 heavy (non-hydrogen) atoms. The molecule has 4 rings (SSSR count). The predicted octanol–water partition coefficient (Wildman–Crippen LogP) is 3.03. The van der Waals surface area contributed by atoms with Crippen LogP contribution in [0.2, 0.25) is 0 Å². The van der Waals surface area contributed by atoms with Gasteiger partial charge in [-0.1, -0.05) is 36.4 Å². The number of hydrogen-bond donors (Lipinski definition) is 1. The smallest absolute Gasteiger partial charge is 0.263 e. The van der Waals surface area contributed by atoms with Gasteiger partial charge in [-0.3, -0.25) is 9.59 Å². The lowest BCUT2D eigenvalue weighted by Gasteiger charge is -2.42. The first kappa shape index (κ1) is 15.4. The van der Waals surface area contributed by atoms with Crippen LogP contribution in [0.4, 0.5) is 0 Å². The van der Waals surface area contributed by atoms with Crippen LogP contribution in [-0.4, -0.2) is 35.3 Å². The van der Waals surface area contributed by atoms with Crippen LogP contribution in [-0.2, 0) is 4.79 Å². The highest BCUT2D eigenvalue weighted by atomic mass is 32.1. The molecule has 0 unspecified atom stereocenters. The largest absolute Gasteiger partial charge is 0.350 e. The van der Waals surface area contributed by atoms with Gasteiger partial charge >= 0.3 is 0 Å². The van der Waals surface area contributed by atoms with Crippen LogP contribution in [0.25, 0.3) is 0 Å². The van der Waals surface area contributed by atoms with Crippen molar-refractivity contribution in [2.45, 2.75) is 30.7 Å². The molecular weight excluding hydrogens is 320 g/mol. The molecule has 4 nitrogen and oxygen atoms in total. The van der Waals surface area contributed by atoms with Gasteiger partial charge in [0.25, 0.3) is 5.91 Å². The number of amides is 2. The summed E-state index contributed by atoms with van der Waals surface area (Å²) in [5.74, 6) is 0.438. The number of rotatable bonds is 2. The van der Waals surface area contributed by atoms with Crippen molar-refractivity contribution in [2.75, 3.05) is 13.1 Å². The molecule has 5 heteroatoms. The quantitative estimate of drug-likeness (QED) is 0.913. The molecule has 2 saturated heterocycles. The molecule has 124 valence electrons. The van der Waals surface area contributed by atoms with E-state index in [0.717, 1.165) is 17.7 Å². The monoisotopic (exact) mass is 340 g/mol. The van der Waals surface area contributed by atoms with Crippen LogP contribution in [0, 0.1) is 0 Å². The molecule has 2 aliphatic heterocycles. The number of piperidine rings is 1. The molecule has 0 saturated carbocycles. The third-order valence-corrected chi connectivity index (χ3v) is 6.18. The molecule has 3 heterocycles. The van der Waals surface area contributed by atoms with E-state index < -0.39 is 0 Å². The van der Waals surface area contributed by atoms with Gasteiger partial charge in [0.15, 0.2) is 0 Å². The van der Waals surface area contributed by atoms with E-state index in [1.807, 2.05) is 40.6 Å². The molecule has 1 atom stereocenters. The molecule has 1 aromatic carbocycles. The zero-order chi connectivity index (χ0) is 16.6. The maximum Gasteiger partial charge on any atom is 0.263 e. The van der Waals surface area contributed by atoms with E-state index in [4.69, 9.17) is 0 Å². The first-order chi connectivity index (χ1) is 11.7. The van der Waals surface area contributed by atoms with Crippen LogP contribution in [0.3, 0.4) is 0 Å². The summed E-state index contributed by atoms with van der Waals surface area (Å²) in [6.07, 6.45) is 2.17. The Morgan fingerprint density at radius 2 is 1.88 bits per heavy atom. The number of nitrogens with zero attached hydrogens (tertiary/aromatic N) is 1. The SMILES string of the molecule is O=C1C[C@@H](c2ccccc2)C2(CCN(C(=O)c3cccs3)CC2)N1. The number of nitrogens with one attached hydrogen (secondary N) is 1. The number of hydrogen-bond acceptors (Lipinski definition) is 3. The third-order valence-electron chi connectivity index (χ3n) is 5.32. The summed E-state index contributed by atoms with van der Waals surface area (Å²) >= 11 is 1.49. The second-order valence-corrected chi connectivity index (χ2v) is 7.59. The van der Waals surface area contributed by atoms with E-state index in [9.17, 15) is 9.59 Å². The Labute approximate surface area is 145 Å². The van der Waals surface area contributed by atoms with Crippen molar-refractivity contribution in [1.29, 1.82) is 0 Å². The van der Waals surface area contributed by atoms with E-state index in [1.54, 1.807) is 0 Å². The first-order valence-electron chi connectivity index (χ1n) is 8.37. The lowest BCUT2D eigenvalue weighted by atomic mass is 9.74. The maximum absolute atomic E-state index is 12.5. The van der Waals surface area contributed by atoms with Crippen LogP contribution < -0.4 is 5.32 Å². The Hall–Kier alpha value is -2.14. The number of carbonyl (C=O) groups excluding carboxylic acids is 2. The van der Waals surface area contributed by atoms with Gasteiger partial charge in [0.05, 0.1) is 10.4 Å². The second kappa shape index (κ2) is 6.06. The van der Waals surface area contributed by atoms with Crippen molar-refractivity contribution in [3.63, 3.8) is 0 Å². The first-order valence-corrected chi connectivity index (χ1v) is 9.25. The lowest BCUT2D eigenvalue weighted by molar-refractivity contribution is -0.120. The molecule has 2 amide bonds. The fourth-order valence-corrected chi connectivity index (χ4v) is 4.75. The van der Waals surface area contributed by atoms with Gasteiger partial charge in [-0.2, -0.15) is 0 Å². The minimum atomic E-state index is -0.204. The summed E-state index contributed by atoms with van der Waals surface area (Å²) in [4.78, 5) is 27.4. The number of likely N-dealkylation sites (tertiary alicyclic amines) is 1. The zero-order valence-electron chi connectivity index (χ0n) is 13.4. The van der Waals surface area contributed by atoms with Crippen molar-refractivity contribution < 1.29 is 9.59 Å². The molecule has 1 N–H and O–H groups in total. The van der Waals surface area contributed by atoms with Gasteiger partial charge in [-0.25, -0.2) is 0 Å². The van der Waals surface area contributed by atoms with Crippen molar-refractivity contribution in [3.8, 4) is 0 Å². The summed E-state index contributed by atoms with van der Waals surface area (Å²) < 4.78 is 0. The van der Waals surface area contributed by atoms with Crippen molar-refractivity contribution in [3.05, 3.63) is 58.3 Å². The number of thiophene rings is 1. The van der Waals surface area contributed by atoms with E-state index in [0.29, 0.717) is 19.5 Å². The van der Waals surface area contributed by atoms with E-state index in [1.165, 1.54) is 16.9 Å². The van der Waals surface area contributed by atoms with Gasteiger partial charge in [-0.15, -0.1) is 11.3 Å². The lowest BCUT2D eigenvalue weighted by Crippen LogP contribution is -2.54. The molecule has 2 aromatic rings. The Morgan fingerprint density at radius 1 is 1.12 bits per heavy atom. The van der Waals surface area contributed by atoms with Crippen LogP contribution in [0.15, 0.2) is 47.8 Å². The average Bonchev–Trinajstić information content (AvgIpc) is 3.24. The average molecular weight is 340 g/mol. The van der Waals surface area contributed by atoms with Gasteiger partial charge < -0.3 is 10.2 Å². The predicted molar refractivity (Wildman–Crippen MR) is 94.1 cm³/mol. The summed E-state index contributed by atoms with van der Waals surface area (Å²) in [7, 11) is 0. The van der Waals surface area contributed by atoms with Crippen LogP contribution in [0.1, 0.15) is 40.4 Å². The summed E-state index contributed by atoms with van der Waals surface area (Å²) in [5, 5.41) is 5.17. The van der Waals surface area contributed by atoms with Crippen molar-refractivity contribution in [2.24, 2.45) is 0 Å². The number of benzene rings is 1. The summed E-state index contributed by atoms with van der Waals surface area (Å²) in [6, 6.07) is 14.1. The van der Waals surface area contributed by atoms with Crippen molar-refractivity contribution in [1.82, 2.24) is 10.2 Å². The fourth-order valence-electron chi connectivity index (χ4n) is 4.06.